The molecule has 4 heteroatoms. The fraction of sp³-hybridized carbons (Fsp3) is 0. The molecule has 4 aromatic rings. The van der Waals surface area contributed by atoms with Gasteiger partial charge in [-0.2, -0.15) is 0 Å². The number of thiophene rings is 1. The first kappa shape index (κ1) is 15.9. The molecule has 0 amide bonds. The molecule has 0 bridgehead atoms. The predicted molar refractivity (Wildman–Crippen MR) is 104 cm³/mol. The molecule has 25 heavy (non-hydrogen) atoms. The Balaban J connectivity index is 1.94. The van der Waals surface area contributed by atoms with Gasteiger partial charge >= 0.3 is 0 Å². The van der Waals surface area contributed by atoms with Gasteiger partial charge in [0.05, 0.1) is 0 Å². The van der Waals surface area contributed by atoms with Crippen molar-refractivity contribution in [2.75, 3.05) is 0 Å². The van der Waals surface area contributed by atoms with E-state index in [1.165, 1.54) is 0 Å². The van der Waals surface area contributed by atoms with Gasteiger partial charge in [-0.1, -0.05) is 29.8 Å². The minimum Gasteiger partial charge on any atom is -0.508 e. The molecular formula is C21H13ClO2S. The Morgan fingerprint density at radius 1 is 0.880 bits per heavy atom. The third-order valence-corrected chi connectivity index (χ3v) is 5.53. The summed E-state index contributed by atoms with van der Waals surface area (Å²) in [6, 6.07) is 21.8. The summed E-state index contributed by atoms with van der Waals surface area (Å²) in [7, 11) is 0. The number of carbonyl (C=O) groups is 1. The number of rotatable bonds is 3. The monoisotopic (exact) mass is 364 g/mol. The average molecular weight is 365 g/mol. The number of hydrogen-bond acceptors (Lipinski definition) is 3. The molecule has 0 aliphatic heterocycles. The molecule has 1 aromatic heterocycles. The maximum atomic E-state index is 13.2. The van der Waals surface area contributed by atoms with Crippen molar-refractivity contribution in [3.8, 4) is 16.2 Å². The van der Waals surface area contributed by atoms with E-state index in [9.17, 15) is 9.90 Å². The molecule has 0 spiro atoms. The third-order valence-electron chi connectivity index (χ3n) is 4.06. The zero-order valence-electron chi connectivity index (χ0n) is 13.1. The number of phenols is 1. The van der Waals surface area contributed by atoms with E-state index < -0.39 is 0 Å². The summed E-state index contributed by atoms with van der Waals surface area (Å²) < 4.78 is 1.06. The molecule has 0 fully saturated rings. The molecule has 2 nitrogen and oxygen atoms in total. The van der Waals surface area contributed by atoms with E-state index in [4.69, 9.17) is 11.6 Å². The van der Waals surface area contributed by atoms with Crippen LogP contribution < -0.4 is 0 Å². The first-order valence-electron chi connectivity index (χ1n) is 7.75. The molecule has 1 N–H and O–H groups in total. The maximum absolute atomic E-state index is 13.2. The highest BCUT2D eigenvalue weighted by molar-refractivity contribution is 7.22. The fourth-order valence-corrected chi connectivity index (χ4v) is 4.16. The molecule has 0 atom stereocenters. The van der Waals surface area contributed by atoms with Crippen molar-refractivity contribution in [2.45, 2.75) is 0 Å². The van der Waals surface area contributed by atoms with Crippen molar-refractivity contribution in [1.29, 1.82) is 0 Å². The summed E-state index contributed by atoms with van der Waals surface area (Å²) in [6.07, 6.45) is 0. The van der Waals surface area contributed by atoms with Gasteiger partial charge in [-0.05, 0) is 60.2 Å². The summed E-state index contributed by atoms with van der Waals surface area (Å²) in [6.45, 7) is 0. The summed E-state index contributed by atoms with van der Waals surface area (Å²) >= 11 is 7.53. The van der Waals surface area contributed by atoms with Crippen LogP contribution in [0.3, 0.4) is 0 Å². The van der Waals surface area contributed by atoms with Gasteiger partial charge in [0, 0.05) is 31.1 Å². The summed E-state index contributed by atoms with van der Waals surface area (Å²) in [4.78, 5) is 14.1. The Bertz CT molecular complexity index is 1060. The lowest BCUT2D eigenvalue weighted by Gasteiger charge is -2.05. The number of benzene rings is 3. The van der Waals surface area contributed by atoms with E-state index in [1.54, 1.807) is 47.7 Å². The van der Waals surface area contributed by atoms with Crippen LogP contribution in [0.15, 0.2) is 72.8 Å². The van der Waals surface area contributed by atoms with Crippen LogP contribution in [-0.2, 0) is 0 Å². The van der Waals surface area contributed by atoms with Gasteiger partial charge in [-0.25, -0.2) is 0 Å². The second-order valence-electron chi connectivity index (χ2n) is 5.69. The highest BCUT2D eigenvalue weighted by Crippen LogP contribution is 2.40. The van der Waals surface area contributed by atoms with Crippen LogP contribution in [-0.4, -0.2) is 10.9 Å². The molecule has 0 unspecified atom stereocenters. The second kappa shape index (κ2) is 6.36. The smallest absolute Gasteiger partial charge is 0.195 e. The standard InChI is InChI=1S/C21H13ClO2S/c22-15-9-5-13(6-10-15)20(24)19-17-3-1-2-4-18(17)25-21(19)14-7-11-16(23)12-8-14/h1-12,23H. The van der Waals surface area contributed by atoms with Crippen molar-refractivity contribution in [2.24, 2.45) is 0 Å². The van der Waals surface area contributed by atoms with Gasteiger partial charge in [0.2, 0.25) is 0 Å². The van der Waals surface area contributed by atoms with Crippen molar-refractivity contribution in [3.63, 3.8) is 0 Å². The Morgan fingerprint density at radius 2 is 1.56 bits per heavy atom. The molecule has 0 aliphatic rings. The molecule has 0 aliphatic carbocycles. The van der Waals surface area contributed by atoms with Gasteiger partial charge < -0.3 is 5.11 Å². The number of hydrogen-bond donors (Lipinski definition) is 1. The lowest BCUT2D eigenvalue weighted by Crippen LogP contribution is -2.01. The third kappa shape index (κ3) is 2.93. The zero-order valence-corrected chi connectivity index (χ0v) is 14.6. The number of halogens is 1. The Hall–Kier alpha value is -2.62. The van der Waals surface area contributed by atoms with Gasteiger partial charge in [0.15, 0.2) is 5.78 Å². The largest absolute Gasteiger partial charge is 0.508 e. The van der Waals surface area contributed by atoms with Crippen molar-refractivity contribution >= 4 is 38.8 Å². The lowest BCUT2D eigenvalue weighted by molar-refractivity contribution is 0.104. The predicted octanol–water partition coefficient (Wildman–Crippen LogP) is 6.16. The average Bonchev–Trinajstić information content (AvgIpc) is 3.02. The maximum Gasteiger partial charge on any atom is 0.195 e. The number of fused-ring (bicyclic) bond motifs is 1. The summed E-state index contributed by atoms with van der Waals surface area (Å²) in [5, 5.41) is 11.1. The van der Waals surface area contributed by atoms with Crippen molar-refractivity contribution in [3.05, 3.63) is 88.9 Å². The Kier molecular flexibility index (Phi) is 4.04. The number of phenolic OH excluding ortho intramolecular Hbond substituents is 1. The normalized spacial score (nSPS) is 10.9. The fourth-order valence-electron chi connectivity index (χ4n) is 2.83. The first-order chi connectivity index (χ1) is 12.1. The van der Waals surface area contributed by atoms with E-state index in [-0.39, 0.29) is 11.5 Å². The van der Waals surface area contributed by atoms with Crippen LogP contribution in [0.25, 0.3) is 20.5 Å². The molecule has 0 saturated carbocycles. The highest BCUT2D eigenvalue weighted by atomic mass is 35.5. The Morgan fingerprint density at radius 3 is 2.28 bits per heavy atom. The minimum atomic E-state index is -0.0304. The van der Waals surface area contributed by atoms with Crippen LogP contribution in [0, 0.1) is 0 Å². The first-order valence-corrected chi connectivity index (χ1v) is 8.94. The number of aromatic hydroxyl groups is 1. The zero-order chi connectivity index (χ0) is 17.4. The van der Waals surface area contributed by atoms with Crippen molar-refractivity contribution < 1.29 is 9.90 Å². The van der Waals surface area contributed by atoms with Crippen LogP contribution >= 0.6 is 22.9 Å². The van der Waals surface area contributed by atoms with Gasteiger partial charge in [-0.3, -0.25) is 4.79 Å². The molecule has 3 aromatic carbocycles. The molecule has 0 radical (unpaired) electrons. The van der Waals surface area contributed by atoms with E-state index in [0.29, 0.717) is 16.1 Å². The molecule has 0 saturated heterocycles. The molecule has 4 rings (SSSR count). The van der Waals surface area contributed by atoms with E-state index in [1.807, 2.05) is 36.4 Å². The molecular weight excluding hydrogens is 352 g/mol. The van der Waals surface area contributed by atoms with Gasteiger partial charge in [0.1, 0.15) is 5.75 Å². The topological polar surface area (TPSA) is 37.3 Å². The quantitative estimate of drug-likeness (QED) is 0.442. The van der Waals surface area contributed by atoms with E-state index in [2.05, 4.69) is 0 Å². The van der Waals surface area contributed by atoms with Crippen LogP contribution in [0.5, 0.6) is 5.75 Å². The van der Waals surface area contributed by atoms with Crippen LogP contribution in [0.2, 0.25) is 5.02 Å². The molecule has 122 valence electrons. The second-order valence-corrected chi connectivity index (χ2v) is 7.17. The number of carbonyl (C=O) groups excluding carboxylic acids is 1. The van der Waals surface area contributed by atoms with Gasteiger partial charge in [-0.15, -0.1) is 11.3 Å². The van der Waals surface area contributed by atoms with Gasteiger partial charge in [0.25, 0.3) is 0 Å². The minimum absolute atomic E-state index is 0.0304. The lowest BCUT2D eigenvalue weighted by atomic mass is 9.97. The number of ketones is 1. The van der Waals surface area contributed by atoms with Crippen LogP contribution in [0.4, 0.5) is 0 Å². The van der Waals surface area contributed by atoms with Crippen LogP contribution in [0.1, 0.15) is 15.9 Å². The highest BCUT2D eigenvalue weighted by Gasteiger charge is 2.21. The summed E-state index contributed by atoms with van der Waals surface area (Å²) in [5.74, 6) is 0.174. The summed E-state index contributed by atoms with van der Waals surface area (Å²) in [5.41, 5.74) is 2.21. The van der Waals surface area contributed by atoms with E-state index in [0.717, 1.165) is 20.5 Å². The van der Waals surface area contributed by atoms with E-state index >= 15 is 0 Å². The molecule has 1 heterocycles. The SMILES string of the molecule is O=C(c1ccc(Cl)cc1)c1c(-c2ccc(O)cc2)sc2ccccc12. The van der Waals surface area contributed by atoms with Crippen molar-refractivity contribution in [1.82, 2.24) is 0 Å². The Labute approximate surface area is 153 Å².